The molecule has 0 amide bonds. The van der Waals surface area contributed by atoms with E-state index in [2.05, 4.69) is 55.3 Å². The van der Waals surface area contributed by atoms with Crippen molar-refractivity contribution >= 4 is 33.7 Å². The first-order valence-corrected chi connectivity index (χ1v) is 10.6. The van der Waals surface area contributed by atoms with Crippen LogP contribution in [0.1, 0.15) is 35.3 Å². The van der Waals surface area contributed by atoms with Crippen LogP contribution in [0.5, 0.6) is 0 Å². The number of carbonyl (C=O) groups is 1. The van der Waals surface area contributed by atoms with Crippen LogP contribution in [0.15, 0.2) is 59.1 Å². The van der Waals surface area contributed by atoms with Crippen molar-refractivity contribution in [1.29, 1.82) is 0 Å². The summed E-state index contributed by atoms with van der Waals surface area (Å²) in [4.78, 5) is 15.8. The highest BCUT2D eigenvalue weighted by molar-refractivity contribution is 6.28. The van der Waals surface area contributed by atoms with Gasteiger partial charge in [-0.3, -0.25) is 4.79 Å². The van der Waals surface area contributed by atoms with Crippen LogP contribution in [0, 0.1) is 12.8 Å². The van der Waals surface area contributed by atoms with Crippen LogP contribution in [0.25, 0.3) is 22.2 Å². The molecule has 3 aromatic carbocycles. The maximum absolute atomic E-state index is 13.6. The first-order valence-electron chi connectivity index (χ1n) is 10.6. The van der Waals surface area contributed by atoms with Crippen LogP contribution in [0.4, 0.5) is 17.1 Å². The molecule has 5 nitrogen and oxygen atoms in total. The van der Waals surface area contributed by atoms with Crippen LogP contribution in [0.3, 0.4) is 0 Å². The first-order chi connectivity index (χ1) is 14.9. The van der Waals surface area contributed by atoms with Gasteiger partial charge in [0, 0.05) is 30.4 Å². The fraction of sp³-hybridized carbons (Fsp3) is 0.231. The van der Waals surface area contributed by atoms with Crippen molar-refractivity contribution in [2.24, 2.45) is 5.92 Å². The summed E-state index contributed by atoms with van der Waals surface area (Å²) < 4.78 is 5.83. The Morgan fingerprint density at radius 3 is 2.58 bits per heavy atom. The molecule has 5 heteroatoms. The van der Waals surface area contributed by atoms with Gasteiger partial charge >= 0.3 is 0 Å². The second kappa shape index (κ2) is 7.27. The summed E-state index contributed by atoms with van der Waals surface area (Å²) >= 11 is 0. The Kier molecular flexibility index (Phi) is 4.54. The molecule has 0 spiro atoms. The molecule has 1 N–H and O–H groups in total. The summed E-state index contributed by atoms with van der Waals surface area (Å²) in [5.41, 5.74) is 6.60. The molecule has 156 valence electrons. The molecule has 5 rings (SSSR count). The molecule has 0 fully saturated rings. The van der Waals surface area contributed by atoms with Gasteiger partial charge in [-0.25, -0.2) is 0 Å². The molecule has 0 aliphatic heterocycles. The molecule has 1 aliphatic rings. The molecule has 0 saturated carbocycles. The number of carbonyl (C=O) groups excluding carboxylic acids is 1. The zero-order chi connectivity index (χ0) is 21.7. The third kappa shape index (κ3) is 3.17. The highest BCUT2D eigenvalue weighted by Gasteiger charge is 2.33. The van der Waals surface area contributed by atoms with Crippen molar-refractivity contribution < 1.29 is 9.32 Å². The number of nitrogens with zero attached hydrogens (tertiary/aromatic N) is 2. The van der Waals surface area contributed by atoms with Gasteiger partial charge in [0.25, 0.3) is 0 Å². The van der Waals surface area contributed by atoms with Gasteiger partial charge in [-0.05, 0) is 36.6 Å². The lowest BCUT2D eigenvalue weighted by molar-refractivity contribution is 0.104. The Balaban J connectivity index is 1.78. The Hall–Kier alpha value is -3.60. The fourth-order valence-electron chi connectivity index (χ4n) is 4.46. The fourth-order valence-corrected chi connectivity index (χ4v) is 4.46. The topological polar surface area (TPSA) is 58.4 Å². The van der Waals surface area contributed by atoms with Crippen LogP contribution in [-0.4, -0.2) is 24.5 Å². The van der Waals surface area contributed by atoms with E-state index in [0.717, 1.165) is 45.6 Å². The quantitative estimate of drug-likeness (QED) is 0.374. The predicted molar refractivity (Wildman–Crippen MR) is 125 cm³/mol. The number of anilines is 3. The Morgan fingerprint density at radius 1 is 1.06 bits per heavy atom. The lowest BCUT2D eigenvalue weighted by atomic mass is 9.86. The van der Waals surface area contributed by atoms with E-state index in [1.807, 2.05) is 42.5 Å². The van der Waals surface area contributed by atoms with Gasteiger partial charge in [0.1, 0.15) is 5.52 Å². The molecule has 1 heterocycles. The van der Waals surface area contributed by atoms with E-state index in [1.54, 1.807) is 0 Å². The molecule has 0 radical (unpaired) electrons. The molecular weight excluding hydrogens is 386 g/mol. The molecule has 4 aromatic rings. The molecular formula is C26H25N3O2. The monoisotopic (exact) mass is 411 g/mol. The molecule has 1 aliphatic carbocycles. The minimum absolute atomic E-state index is 0.00971. The van der Waals surface area contributed by atoms with Crippen molar-refractivity contribution in [2.75, 3.05) is 23.8 Å². The highest BCUT2D eigenvalue weighted by Crippen LogP contribution is 2.46. The van der Waals surface area contributed by atoms with Gasteiger partial charge in [0.05, 0.1) is 22.3 Å². The highest BCUT2D eigenvalue weighted by atomic mass is 16.5. The standard InChI is InChI=1S/C26H25N3O2/c1-15(2)14-29(4)21-13-20(27-17-9-7-8-16(3)12-17)22-23-24(21)28-31-26(23)19-11-6-5-10-18(19)25(22)30/h5-13,15,27H,14H2,1-4H3. The van der Waals surface area contributed by atoms with Gasteiger partial charge in [-0.2, -0.15) is 0 Å². The van der Waals surface area contributed by atoms with Gasteiger partial charge < -0.3 is 14.7 Å². The number of rotatable bonds is 5. The number of benzene rings is 3. The number of aryl methyl sites for hydroxylation is 1. The van der Waals surface area contributed by atoms with Crippen molar-refractivity contribution in [1.82, 2.24) is 5.16 Å². The van der Waals surface area contributed by atoms with E-state index in [4.69, 9.17) is 4.52 Å². The van der Waals surface area contributed by atoms with Crippen molar-refractivity contribution in [3.8, 4) is 11.3 Å². The second-order valence-electron chi connectivity index (χ2n) is 8.70. The van der Waals surface area contributed by atoms with E-state index >= 15 is 0 Å². The van der Waals surface area contributed by atoms with E-state index in [-0.39, 0.29) is 5.78 Å². The Labute approximate surface area is 181 Å². The lowest BCUT2D eigenvalue weighted by Crippen LogP contribution is -2.23. The molecule has 31 heavy (non-hydrogen) atoms. The summed E-state index contributed by atoms with van der Waals surface area (Å²) in [6.45, 7) is 7.29. The number of hydrogen-bond acceptors (Lipinski definition) is 5. The SMILES string of the molecule is Cc1cccc(Nc2cc(N(C)CC(C)C)c3noc4c3c2C(=O)c2ccccc2-4)c1. The Morgan fingerprint density at radius 2 is 1.84 bits per heavy atom. The summed E-state index contributed by atoms with van der Waals surface area (Å²) in [5.74, 6) is 1.13. The van der Waals surface area contributed by atoms with E-state index in [9.17, 15) is 4.79 Å². The van der Waals surface area contributed by atoms with Gasteiger partial charge in [-0.15, -0.1) is 0 Å². The second-order valence-corrected chi connectivity index (χ2v) is 8.70. The van der Waals surface area contributed by atoms with Crippen LogP contribution >= 0.6 is 0 Å². The number of nitrogens with one attached hydrogen (secondary N) is 1. The van der Waals surface area contributed by atoms with Crippen molar-refractivity contribution in [2.45, 2.75) is 20.8 Å². The van der Waals surface area contributed by atoms with Crippen molar-refractivity contribution in [3.05, 3.63) is 71.3 Å². The molecule has 1 aromatic heterocycles. The van der Waals surface area contributed by atoms with Crippen LogP contribution in [-0.2, 0) is 0 Å². The molecule has 0 bridgehead atoms. The normalized spacial score (nSPS) is 12.4. The number of aromatic nitrogens is 1. The minimum atomic E-state index is -0.00971. The number of hydrogen-bond donors (Lipinski definition) is 1. The summed E-state index contributed by atoms with van der Waals surface area (Å²) in [6.07, 6.45) is 0. The van der Waals surface area contributed by atoms with Crippen LogP contribution < -0.4 is 10.2 Å². The van der Waals surface area contributed by atoms with Gasteiger partial charge in [-0.1, -0.05) is 55.4 Å². The molecule has 0 atom stereocenters. The van der Waals surface area contributed by atoms with E-state index in [0.29, 0.717) is 22.8 Å². The smallest absolute Gasteiger partial charge is 0.196 e. The summed E-state index contributed by atoms with van der Waals surface area (Å²) in [6, 6.07) is 17.8. The third-order valence-corrected chi connectivity index (χ3v) is 5.73. The van der Waals surface area contributed by atoms with E-state index in [1.165, 1.54) is 0 Å². The third-order valence-electron chi connectivity index (χ3n) is 5.73. The van der Waals surface area contributed by atoms with Crippen molar-refractivity contribution in [3.63, 3.8) is 0 Å². The Bertz CT molecular complexity index is 1320. The summed E-state index contributed by atoms with van der Waals surface area (Å²) in [7, 11) is 2.06. The zero-order valence-electron chi connectivity index (χ0n) is 18.2. The van der Waals surface area contributed by atoms with Crippen LogP contribution in [0.2, 0.25) is 0 Å². The predicted octanol–water partition coefficient (Wildman–Crippen LogP) is 6.18. The molecule has 0 saturated heterocycles. The largest absolute Gasteiger partial charge is 0.372 e. The average Bonchev–Trinajstić information content (AvgIpc) is 3.17. The molecule has 0 unspecified atom stereocenters. The average molecular weight is 412 g/mol. The van der Waals surface area contributed by atoms with Gasteiger partial charge in [0.15, 0.2) is 11.5 Å². The maximum Gasteiger partial charge on any atom is 0.196 e. The first kappa shape index (κ1) is 19.4. The minimum Gasteiger partial charge on any atom is -0.372 e. The summed E-state index contributed by atoms with van der Waals surface area (Å²) in [5, 5.41) is 8.70. The van der Waals surface area contributed by atoms with Gasteiger partial charge in [0.2, 0.25) is 0 Å². The number of ketones is 1. The lowest BCUT2D eigenvalue weighted by Gasteiger charge is -2.25. The zero-order valence-corrected chi connectivity index (χ0v) is 18.2. The maximum atomic E-state index is 13.6. The number of fused-ring (bicyclic) bond motifs is 2. The van der Waals surface area contributed by atoms with E-state index < -0.39 is 0 Å².